The minimum absolute atomic E-state index is 0.257. The Balaban J connectivity index is 2.32. The molecule has 0 saturated carbocycles. The van der Waals surface area contributed by atoms with Crippen molar-refractivity contribution < 1.29 is 9.90 Å². The summed E-state index contributed by atoms with van der Waals surface area (Å²) < 4.78 is 0. The van der Waals surface area contributed by atoms with Gasteiger partial charge in [0, 0.05) is 19.5 Å². The Hall–Kier alpha value is -1.46. The Morgan fingerprint density at radius 3 is 2.33 bits per heavy atom. The van der Waals surface area contributed by atoms with E-state index in [4.69, 9.17) is 12.2 Å². The molecule has 1 amide bonds. The molecule has 0 unspecified atom stereocenters. The summed E-state index contributed by atoms with van der Waals surface area (Å²) in [6.45, 7) is 5.14. The molecule has 1 fully saturated rings. The monoisotopic (exact) mass is 306 g/mol. The number of carbonyl (C=O) groups is 1. The van der Waals surface area contributed by atoms with Crippen LogP contribution >= 0.6 is 12.2 Å². The first-order valence-corrected chi connectivity index (χ1v) is 7.85. The molecular weight excluding hydrogens is 284 g/mol. The quantitative estimate of drug-likeness (QED) is 0.818. The van der Waals surface area contributed by atoms with Gasteiger partial charge in [0.2, 0.25) is 5.72 Å². The Bertz CT molecular complexity index is 520. The highest BCUT2D eigenvalue weighted by Crippen LogP contribution is 2.30. The van der Waals surface area contributed by atoms with Crippen LogP contribution in [0.3, 0.4) is 0 Å². The highest BCUT2D eigenvalue weighted by Gasteiger charge is 2.53. The highest BCUT2D eigenvalue weighted by atomic mass is 32.1. The Labute approximate surface area is 131 Å². The van der Waals surface area contributed by atoms with Gasteiger partial charge in [-0.05, 0) is 30.6 Å². The van der Waals surface area contributed by atoms with Crippen molar-refractivity contribution in [2.24, 2.45) is 0 Å². The van der Waals surface area contributed by atoms with Crippen molar-refractivity contribution >= 4 is 23.2 Å². The summed E-state index contributed by atoms with van der Waals surface area (Å²) in [6.07, 6.45) is 1.89. The third-order valence-electron chi connectivity index (χ3n) is 3.68. The molecule has 1 aromatic carbocycles. The van der Waals surface area contributed by atoms with E-state index in [0.717, 1.165) is 18.4 Å². The largest absolute Gasteiger partial charge is 0.363 e. The summed E-state index contributed by atoms with van der Waals surface area (Å²) in [5.41, 5.74) is -0.625. The van der Waals surface area contributed by atoms with E-state index in [2.05, 4.69) is 0 Å². The third-order valence-corrected chi connectivity index (χ3v) is 4.12. The number of hydrogen-bond donors (Lipinski definition) is 1. The zero-order chi connectivity index (χ0) is 15.5. The number of aliphatic hydroxyl groups is 1. The highest BCUT2D eigenvalue weighted by molar-refractivity contribution is 7.80. The van der Waals surface area contributed by atoms with Crippen LogP contribution in [0.15, 0.2) is 30.3 Å². The van der Waals surface area contributed by atoms with Crippen LogP contribution in [0, 0.1) is 0 Å². The molecule has 1 heterocycles. The zero-order valence-electron chi connectivity index (χ0n) is 12.6. The van der Waals surface area contributed by atoms with Crippen LogP contribution < -0.4 is 0 Å². The van der Waals surface area contributed by atoms with Gasteiger partial charge in [0.25, 0.3) is 5.91 Å². The van der Waals surface area contributed by atoms with E-state index in [1.54, 1.807) is 4.90 Å². The molecule has 0 bridgehead atoms. The molecule has 1 atom stereocenters. The molecule has 0 spiro atoms. The van der Waals surface area contributed by atoms with E-state index in [-0.39, 0.29) is 12.3 Å². The summed E-state index contributed by atoms with van der Waals surface area (Å²) in [6, 6.07) is 9.57. The molecule has 2 rings (SSSR count). The summed E-state index contributed by atoms with van der Waals surface area (Å²) in [5.74, 6) is -0.299. The van der Waals surface area contributed by atoms with Gasteiger partial charge in [-0.3, -0.25) is 9.69 Å². The lowest BCUT2D eigenvalue weighted by Crippen LogP contribution is -2.51. The average molecular weight is 306 g/mol. The molecule has 0 aromatic heterocycles. The van der Waals surface area contributed by atoms with Gasteiger partial charge in [0.05, 0.1) is 0 Å². The van der Waals surface area contributed by atoms with Gasteiger partial charge < -0.3 is 10.0 Å². The van der Waals surface area contributed by atoms with E-state index in [1.165, 1.54) is 4.90 Å². The van der Waals surface area contributed by atoms with E-state index < -0.39 is 5.72 Å². The molecule has 1 aliphatic heterocycles. The first-order valence-electron chi connectivity index (χ1n) is 7.44. The first kappa shape index (κ1) is 15.9. The number of amides is 1. The van der Waals surface area contributed by atoms with Crippen LogP contribution in [-0.2, 0) is 11.2 Å². The molecule has 1 N–H and O–H groups in total. The van der Waals surface area contributed by atoms with Crippen LogP contribution in [-0.4, -0.2) is 44.7 Å². The molecule has 21 heavy (non-hydrogen) atoms. The molecule has 1 saturated heterocycles. The van der Waals surface area contributed by atoms with Crippen molar-refractivity contribution in [1.82, 2.24) is 9.80 Å². The lowest BCUT2D eigenvalue weighted by Gasteiger charge is -2.31. The second kappa shape index (κ2) is 6.54. The predicted molar refractivity (Wildman–Crippen MR) is 86.7 cm³/mol. The summed E-state index contributed by atoms with van der Waals surface area (Å²) >= 11 is 5.41. The van der Waals surface area contributed by atoms with E-state index in [0.29, 0.717) is 18.2 Å². The average Bonchev–Trinajstić information content (AvgIpc) is 2.64. The van der Waals surface area contributed by atoms with E-state index in [9.17, 15) is 9.90 Å². The fourth-order valence-corrected chi connectivity index (χ4v) is 3.12. The molecule has 5 heteroatoms. The minimum atomic E-state index is -1.55. The van der Waals surface area contributed by atoms with Gasteiger partial charge in [-0.15, -0.1) is 0 Å². The van der Waals surface area contributed by atoms with Crippen molar-refractivity contribution in [2.45, 2.75) is 38.8 Å². The van der Waals surface area contributed by atoms with Crippen LogP contribution in [0.1, 0.15) is 32.3 Å². The molecular formula is C16H22N2O2S. The smallest absolute Gasteiger partial charge is 0.282 e. The second-order valence-electron chi connectivity index (χ2n) is 5.37. The SMILES string of the molecule is CCCN1C(=O)[C@@](O)(Cc2ccccc2)N(CCC)C1=S. The molecule has 1 aromatic rings. The number of benzene rings is 1. The van der Waals surface area contributed by atoms with Gasteiger partial charge in [0.15, 0.2) is 5.11 Å². The Kier molecular flexibility index (Phi) is 4.96. The van der Waals surface area contributed by atoms with E-state index in [1.807, 2.05) is 44.2 Å². The number of rotatable bonds is 6. The standard InChI is InChI=1S/C16H22N2O2S/c1-3-10-17-14(19)16(20,18(11-4-2)15(17)21)12-13-8-6-5-7-9-13/h5-9,20H,3-4,10-12H2,1-2H3/t16-/m0/s1. The minimum Gasteiger partial charge on any atom is -0.363 e. The van der Waals surface area contributed by atoms with Crippen molar-refractivity contribution in [3.05, 3.63) is 35.9 Å². The normalized spacial score (nSPS) is 22.2. The topological polar surface area (TPSA) is 43.8 Å². The summed E-state index contributed by atoms with van der Waals surface area (Å²) in [5, 5.41) is 11.5. The Morgan fingerprint density at radius 2 is 1.76 bits per heavy atom. The molecule has 114 valence electrons. The molecule has 4 nitrogen and oxygen atoms in total. The van der Waals surface area contributed by atoms with Crippen LogP contribution in [0.4, 0.5) is 0 Å². The first-order chi connectivity index (χ1) is 10.0. The molecule has 0 radical (unpaired) electrons. The maximum Gasteiger partial charge on any atom is 0.282 e. The number of hydrogen-bond acceptors (Lipinski definition) is 3. The fraction of sp³-hybridized carbons (Fsp3) is 0.500. The van der Waals surface area contributed by atoms with E-state index >= 15 is 0 Å². The van der Waals surface area contributed by atoms with Gasteiger partial charge in [-0.25, -0.2) is 0 Å². The maximum atomic E-state index is 12.7. The van der Waals surface area contributed by atoms with Crippen LogP contribution in [0.5, 0.6) is 0 Å². The van der Waals surface area contributed by atoms with Crippen molar-refractivity contribution in [3.8, 4) is 0 Å². The van der Waals surface area contributed by atoms with Gasteiger partial charge in [-0.1, -0.05) is 44.2 Å². The molecule has 1 aliphatic rings. The lowest BCUT2D eigenvalue weighted by molar-refractivity contribution is -0.153. The second-order valence-corrected chi connectivity index (χ2v) is 5.74. The number of carbonyl (C=O) groups excluding carboxylic acids is 1. The van der Waals surface area contributed by atoms with Crippen molar-refractivity contribution in [3.63, 3.8) is 0 Å². The van der Waals surface area contributed by atoms with Crippen molar-refractivity contribution in [2.75, 3.05) is 13.1 Å². The van der Waals surface area contributed by atoms with Crippen LogP contribution in [0.25, 0.3) is 0 Å². The van der Waals surface area contributed by atoms with Gasteiger partial charge >= 0.3 is 0 Å². The number of nitrogens with zero attached hydrogens (tertiary/aromatic N) is 2. The Morgan fingerprint density at radius 1 is 1.14 bits per heavy atom. The third kappa shape index (κ3) is 2.94. The lowest BCUT2D eigenvalue weighted by atomic mass is 10.0. The number of thiocarbonyl (C=S) groups is 1. The zero-order valence-corrected chi connectivity index (χ0v) is 13.4. The van der Waals surface area contributed by atoms with Crippen molar-refractivity contribution in [1.29, 1.82) is 0 Å². The maximum absolute atomic E-state index is 12.7. The fourth-order valence-electron chi connectivity index (χ4n) is 2.70. The summed E-state index contributed by atoms with van der Waals surface area (Å²) in [4.78, 5) is 15.9. The molecule has 0 aliphatic carbocycles. The predicted octanol–water partition coefficient (Wildman–Crippen LogP) is 2.17. The summed E-state index contributed by atoms with van der Waals surface area (Å²) in [7, 11) is 0. The van der Waals surface area contributed by atoms with Gasteiger partial charge in [-0.2, -0.15) is 0 Å². The van der Waals surface area contributed by atoms with Crippen LogP contribution in [0.2, 0.25) is 0 Å². The van der Waals surface area contributed by atoms with Gasteiger partial charge in [0.1, 0.15) is 0 Å².